The van der Waals surface area contributed by atoms with Crippen LogP contribution in [0.15, 0.2) is 42.5 Å². The molecular formula is C16H19FN2. The second kappa shape index (κ2) is 5.85. The highest BCUT2D eigenvalue weighted by Crippen LogP contribution is 2.21. The number of nitrogens with zero attached hydrogens (tertiary/aromatic N) is 1. The lowest BCUT2D eigenvalue weighted by atomic mass is 10.1. The number of hydrogen-bond acceptors (Lipinski definition) is 2. The molecular weight excluding hydrogens is 239 g/mol. The molecule has 2 aromatic rings. The summed E-state index contributed by atoms with van der Waals surface area (Å²) in [5.41, 5.74) is 9.31. The summed E-state index contributed by atoms with van der Waals surface area (Å²) in [6, 6.07) is 13.3. The van der Waals surface area contributed by atoms with E-state index in [-0.39, 0.29) is 5.82 Å². The summed E-state index contributed by atoms with van der Waals surface area (Å²) in [5.74, 6) is -0.191. The smallest absolute Gasteiger partial charge is 0.128 e. The summed E-state index contributed by atoms with van der Waals surface area (Å²) < 4.78 is 13.9. The maximum atomic E-state index is 13.9. The summed E-state index contributed by atoms with van der Waals surface area (Å²) in [6.45, 7) is 2.96. The monoisotopic (exact) mass is 258 g/mol. The fourth-order valence-electron chi connectivity index (χ4n) is 2.18. The Bertz CT molecular complexity index is 566. The molecule has 2 aromatic carbocycles. The van der Waals surface area contributed by atoms with Crippen LogP contribution in [0.1, 0.15) is 16.7 Å². The first-order chi connectivity index (χ1) is 9.11. The Balaban J connectivity index is 2.19. The standard InChI is InChI=1S/C16H19FN2/c1-12-5-3-4-6-16(12)19(2)11-14-8-7-13(10-18)9-15(14)17/h3-9H,10-11,18H2,1-2H3. The molecule has 0 aliphatic rings. The van der Waals surface area contributed by atoms with Crippen molar-refractivity contribution in [2.45, 2.75) is 20.0 Å². The van der Waals surface area contributed by atoms with E-state index in [1.807, 2.05) is 37.4 Å². The minimum atomic E-state index is -0.191. The van der Waals surface area contributed by atoms with E-state index in [0.717, 1.165) is 11.3 Å². The van der Waals surface area contributed by atoms with Crippen LogP contribution in [0, 0.1) is 12.7 Å². The van der Waals surface area contributed by atoms with Crippen molar-refractivity contribution in [1.29, 1.82) is 0 Å². The summed E-state index contributed by atoms with van der Waals surface area (Å²) >= 11 is 0. The summed E-state index contributed by atoms with van der Waals surface area (Å²) in [5, 5.41) is 0. The molecule has 0 heterocycles. The summed E-state index contributed by atoms with van der Waals surface area (Å²) in [4.78, 5) is 2.05. The third kappa shape index (κ3) is 3.12. The topological polar surface area (TPSA) is 29.3 Å². The molecule has 100 valence electrons. The molecule has 19 heavy (non-hydrogen) atoms. The Kier molecular flexibility index (Phi) is 4.17. The molecule has 0 unspecified atom stereocenters. The highest BCUT2D eigenvalue weighted by Gasteiger charge is 2.08. The molecule has 0 fully saturated rings. The molecule has 2 nitrogen and oxygen atoms in total. The van der Waals surface area contributed by atoms with E-state index in [9.17, 15) is 4.39 Å². The van der Waals surface area contributed by atoms with Crippen LogP contribution in [0.2, 0.25) is 0 Å². The van der Waals surface area contributed by atoms with Crippen molar-refractivity contribution < 1.29 is 4.39 Å². The zero-order valence-corrected chi connectivity index (χ0v) is 11.4. The third-order valence-corrected chi connectivity index (χ3v) is 3.29. The van der Waals surface area contributed by atoms with Gasteiger partial charge in [-0.25, -0.2) is 4.39 Å². The lowest BCUT2D eigenvalue weighted by Gasteiger charge is -2.22. The summed E-state index contributed by atoms with van der Waals surface area (Å²) in [7, 11) is 1.97. The number of benzene rings is 2. The number of nitrogens with two attached hydrogens (primary N) is 1. The van der Waals surface area contributed by atoms with Crippen LogP contribution in [-0.4, -0.2) is 7.05 Å². The average Bonchev–Trinajstić information content (AvgIpc) is 2.41. The van der Waals surface area contributed by atoms with E-state index < -0.39 is 0 Å². The molecule has 0 amide bonds. The largest absolute Gasteiger partial charge is 0.370 e. The quantitative estimate of drug-likeness (QED) is 0.912. The van der Waals surface area contributed by atoms with Gasteiger partial charge in [0.2, 0.25) is 0 Å². The van der Waals surface area contributed by atoms with E-state index in [0.29, 0.717) is 18.7 Å². The fourth-order valence-corrected chi connectivity index (χ4v) is 2.18. The van der Waals surface area contributed by atoms with E-state index in [2.05, 4.69) is 17.9 Å². The molecule has 0 saturated heterocycles. The van der Waals surface area contributed by atoms with Gasteiger partial charge in [0, 0.05) is 31.4 Å². The Morgan fingerprint density at radius 2 is 1.89 bits per heavy atom. The summed E-state index contributed by atoms with van der Waals surface area (Å²) in [6.07, 6.45) is 0. The van der Waals surface area contributed by atoms with Gasteiger partial charge in [0.15, 0.2) is 0 Å². The molecule has 0 spiro atoms. The van der Waals surface area contributed by atoms with Gasteiger partial charge in [0.25, 0.3) is 0 Å². The molecule has 0 atom stereocenters. The van der Waals surface area contributed by atoms with Gasteiger partial charge < -0.3 is 10.6 Å². The molecule has 0 radical (unpaired) electrons. The van der Waals surface area contributed by atoms with Gasteiger partial charge in [-0.3, -0.25) is 0 Å². The number of para-hydroxylation sites is 1. The van der Waals surface area contributed by atoms with E-state index in [1.54, 1.807) is 0 Å². The molecule has 2 rings (SSSR count). The Morgan fingerprint density at radius 1 is 1.16 bits per heavy atom. The van der Waals surface area contributed by atoms with Crippen LogP contribution < -0.4 is 10.6 Å². The number of hydrogen-bond donors (Lipinski definition) is 1. The highest BCUT2D eigenvalue weighted by atomic mass is 19.1. The first-order valence-electron chi connectivity index (χ1n) is 6.36. The van der Waals surface area contributed by atoms with Crippen molar-refractivity contribution in [2.24, 2.45) is 5.73 Å². The van der Waals surface area contributed by atoms with E-state index in [1.165, 1.54) is 11.6 Å². The Labute approximate surface area is 113 Å². The third-order valence-electron chi connectivity index (χ3n) is 3.29. The van der Waals surface area contributed by atoms with Crippen LogP contribution >= 0.6 is 0 Å². The normalized spacial score (nSPS) is 10.5. The first-order valence-corrected chi connectivity index (χ1v) is 6.36. The van der Waals surface area contributed by atoms with Crippen molar-refractivity contribution in [3.05, 3.63) is 65.0 Å². The zero-order valence-electron chi connectivity index (χ0n) is 11.4. The molecule has 0 aromatic heterocycles. The number of halogens is 1. The number of rotatable bonds is 4. The predicted molar refractivity (Wildman–Crippen MR) is 77.6 cm³/mol. The molecule has 3 heteroatoms. The molecule has 0 aliphatic heterocycles. The van der Waals surface area contributed by atoms with Crippen molar-refractivity contribution in [1.82, 2.24) is 0 Å². The van der Waals surface area contributed by atoms with Gasteiger partial charge >= 0.3 is 0 Å². The van der Waals surface area contributed by atoms with Crippen molar-refractivity contribution >= 4 is 5.69 Å². The highest BCUT2D eigenvalue weighted by molar-refractivity contribution is 5.52. The average molecular weight is 258 g/mol. The first kappa shape index (κ1) is 13.6. The minimum absolute atomic E-state index is 0.191. The van der Waals surface area contributed by atoms with Crippen LogP contribution in [0.5, 0.6) is 0 Å². The molecule has 0 aliphatic carbocycles. The molecule has 0 saturated carbocycles. The van der Waals surface area contributed by atoms with Gasteiger partial charge in [-0.05, 0) is 30.2 Å². The second-order valence-electron chi connectivity index (χ2n) is 4.77. The minimum Gasteiger partial charge on any atom is -0.370 e. The Morgan fingerprint density at radius 3 is 2.53 bits per heavy atom. The molecule has 0 bridgehead atoms. The lowest BCUT2D eigenvalue weighted by Crippen LogP contribution is -2.18. The van der Waals surface area contributed by atoms with Crippen LogP contribution in [0.3, 0.4) is 0 Å². The van der Waals surface area contributed by atoms with Crippen molar-refractivity contribution in [3.63, 3.8) is 0 Å². The van der Waals surface area contributed by atoms with Gasteiger partial charge in [0.05, 0.1) is 0 Å². The number of anilines is 1. The predicted octanol–water partition coefficient (Wildman–Crippen LogP) is 3.23. The Hall–Kier alpha value is -1.87. The maximum absolute atomic E-state index is 13.9. The van der Waals surface area contributed by atoms with Gasteiger partial charge in [-0.2, -0.15) is 0 Å². The van der Waals surface area contributed by atoms with Gasteiger partial charge in [-0.1, -0.05) is 30.3 Å². The van der Waals surface area contributed by atoms with Crippen LogP contribution in [0.25, 0.3) is 0 Å². The fraction of sp³-hybridized carbons (Fsp3) is 0.250. The van der Waals surface area contributed by atoms with Crippen molar-refractivity contribution in [2.75, 3.05) is 11.9 Å². The maximum Gasteiger partial charge on any atom is 0.128 e. The SMILES string of the molecule is Cc1ccccc1N(C)Cc1ccc(CN)cc1F. The van der Waals surface area contributed by atoms with E-state index in [4.69, 9.17) is 5.73 Å². The molecule has 2 N–H and O–H groups in total. The van der Waals surface area contributed by atoms with E-state index >= 15 is 0 Å². The number of aryl methyl sites for hydroxylation is 1. The van der Waals surface area contributed by atoms with Crippen LogP contribution in [0.4, 0.5) is 10.1 Å². The zero-order chi connectivity index (χ0) is 13.8. The second-order valence-corrected chi connectivity index (χ2v) is 4.77. The van der Waals surface area contributed by atoms with Crippen molar-refractivity contribution in [3.8, 4) is 0 Å². The van der Waals surface area contributed by atoms with Crippen LogP contribution in [-0.2, 0) is 13.1 Å². The van der Waals surface area contributed by atoms with Gasteiger partial charge in [0.1, 0.15) is 5.82 Å². The van der Waals surface area contributed by atoms with Gasteiger partial charge in [-0.15, -0.1) is 0 Å². The lowest BCUT2D eigenvalue weighted by molar-refractivity contribution is 0.605.